The molecule has 0 aromatic carbocycles. The molecule has 0 radical (unpaired) electrons. The van der Waals surface area contributed by atoms with Crippen molar-refractivity contribution in [3.63, 3.8) is 0 Å². The number of hydrogen-bond donors (Lipinski definition) is 2. The van der Waals surface area contributed by atoms with E-state index in [-0.39, 0.29) is 5.56 Å². The molecule has 1 aromatic rings. The molecular weight excluding hydrogens is 239 g/mol. The predicted molar refractivity (Wildman–Crippen MR) is 62.5 cm³/mol. The number of carboxylic acids is 1. The van der Waals surface area contributed by atoms with Crippen molar-refractivity contribution in [1.29, 1.82) is 0 Å². The van der Waals surface area contributed by atoms with E-state index in [1.807, 2.05) is 0 Å². The van der Waals surface area contributed by atoms with Crippen LogP contribution in [0.4, 0.5) is 4.39 Å². The summed E-state index contributed by atoms with van der Waals surface area (Å²) in [5.41, 5.74) is -0.513. The Morgan fingerprint density at radius 2 is 2.00 bits per heavy atom. The third-order valence-corrected chi connectivity index (χ3v) is 2.38. The maximum Gasteiger partial charge on any atom is 0.326 e. The van der Waals surface area contributed by atoms with Crippen LogP contribution in [0.25, 0.3) is 0 Å². The van der Waals surface area contributed by atoms with E-state index in [1.54, 1.807) is 20.8 Å². The lowest BCUT2D eigenvalue weighted by Crippen LogP contribution is -2.49. The predicted octanol–water partition coefficient (Wildman–Crippen LogP) is 1.45. The van der Waals surface area contributed by atoms with Gasteiger partial charge in [-0.2, -0.15) is 4.39 Å². The van der Waals surface area contributed by atoms with E-state index < -0.39 is 29.3 Å². The lowest BCUT2D eigenvalue weighted by Gasteiger charge is -2.27. The quantitative estimate of drug-likeness (QED) is 0.800. The first-order valence-electron chi connectivity index (χ1n) is 5.37. The van der Waals surface area contributed by atoms with Crippen LogP contribution in [0.1, 0.15) is 31.1 Å². The topological polar surface area (TPSA) is 79.3 Å². The van der Waals surface area contributed by atoms with Crippen LogP contribution >= 0.6 is 0 Å². The number of carbonyl (C=O) groups is 2. The number of pyridine rings is 1. The molecule has 6 heteroatoms. The van der Waals surface area contributed by atoms with Crippen molar-refractivity contribution >= 4 is 11.9 Å². The van der Waals surface area contributed by atoms with Gasteiger partial charge in [-0.05, 0) is 17.5 Å². The highest BCUT2D eigenvalue weighted by molar-refractivity contribution is 5.96. The van der Waals surface area contributed by atoms with Crippen molar-refractivity contribution in [3.05, 3.63) is 29.8 Å². The maximum atomic E-state index is 12.6. The zero-order chi connectivity index (χ0) is 13.9. The lowest BCUT2D eigenvalue weighted by atomic mass is 9.86. The van der Waals surface area contributed by atoms with Crippen LogP contribution in [-0.2, 0) is 4.79 Å². The van der Waals surface area contributed by atoms with Gasteiger partial charge in [-0.1, -0.05) is 20.8 Å². The molecule has 0 unspecified atom stereocenters. The van der Waals surface area contributed by atoms with E-state index in [4.69, 9.17) is 5.11 Å². The molecule has 0 bridgehead atoms. The highest BCUT2D eigenvalue weighted by Gasteiger charge is 2.32. The van der Waals surface area contributed by atoms with Crippen LogP contribution in [0, 0.1) is 11.4 Å². The van der Waals surface area contributed by atoms with Gasteiger partial charge in [-0.25, -0.2) is 9.78 Å². The van der Waals surface area contributed by atoms with Crippen LogP contribution in [0.15, 0.2) is 18.3 Å². The number of aromatic nitrogens is 1. The molecule has 0 aliphatic carbocycles. The Labute approximate surface area is 104 Å². The molecule has 98 valence electrons. The average Bonchev–Trinajstić information content (AvgIpc) is 2.24. The van der Waals surface area contributed by atoms with Crippen molar-refractivity contribution in [1.82, 2.24) is 10.3 Å². The van der Waals surface area contributed by atoms with E-state index in [0.29, 0.717) is 0 Å². The van der Waals surface area contributed by atoms with Crippen LogP contribution < -0.4 is 5.32 Å². The second-order valence-electron chi connectivity index (χ2n) is 4.98. The van der Waals surface area contributed by atoms with Crippen LogP contribution in [0.5, 0.6) is 0 Å². The zero-order valence-electron chi connectivity index (χ0n) is 10.4. The molecule has 1 aromatic heterocycles. The van der Waals surface area contributed by atoms with Gasteiger partial charge in [0.1, 0.15) is 6.04 Å². The molecule has 1 heterocycles. The minimum absolute atomic E-state index is 0.118. The van der Waals surface area contributed by atoms with Gasteiger partial charge in [0.05, 0.1) is 5.56 Å². The molecule has 18 heavy (non-hydrogen) atoms. The highest BCUT2D eigenvalue weighted by Crippen LogP contribution is 2.19. The Morgan fingerprint density at radius 3 is 2.39 bits per heavy atom. The third kappa shape index (κ3) is 3.51. The Hall–Kier alpha value is -1.98. The van der Waals surface area contributed by atoms with Crippen molar-refractivity contribution in [2.75, 3.05) is 0 Å². The number of hydrogen-bond acceptors (Lipinski definition) is 3. The first-order valence-corrected chi connectivity index (χ1v) is 5.37. The summed E-state index contributed by atoms with van der Waals surface area (Å²) >= 11 is 0. The second-order valence-corrected chi connectivity index (χ2v) is 4.98. The normalized spacial score (nSPS) is 12.9. The first-order chi connectivity index (χ1) is 8.21. The zero-order valence-corrected chi connectivity index (χ0v) is 10.4. The monoisotopic (exact) mass is 254 g/mol. The van der Waals surface area contributed by atoms with E-state index in [2.05, 4.69) is 10.3 Å². The fourth-order valence-corrected chi connectivity index (χ4v) is 1.37. The number of aliphatic carboxylic acids is 1. The maximum absolute atomic E-state index is 12.6. The molecule has 1 atom stereocenters. The summed E-state index contributed by atoms with van der Waals surface area (Å²) in [5.74, 6) is -2.41. The lowest BCUT2D eigenvalue weighted by molar-refractivity contribution is -0.142. The summed E-state index contributed by atoms with van der Waals surface area (Å²) in [5, 5.41) is 11.4. The molecule has 1 rings (SSSR count). The molecule has 5 nitrogen and oxygen atoms in total. The van der Waals surface area contributed by atoms with Gasteiger partial charge in [0, 0.05) is 6.20 Å². The molecule has 0 saturated carbocycles. The fourth-order valence-electron chi connectivity index (χ4n) is 1.37. The summed E-state index contributed by atoms with van der Waals surface area (Å²) in [4.78, 5) is 26.2. The fraction of sp³-hybridized carbons (Fsp3) is 0.417. The van der Waals surface area contributed by atoms with Gasteiger partial charge in [0.15, 0.2) is 0 Å². The summed E-state index contributed by atoms with van der Waals surface area (Å²) < 4.78 is 12.6. The first kappa shape index (κ1) is 14.1. The number of carboxylic acid groups (broad SMARTS) is 1. The Balaban J connectivity index is 2.86. The molecule has 0 aliphatic rings. The Bertz CT molecular complexity index is 451. The third-order valence-electron chi connectivity index (χ3n) is 2.38. The SMILES string of the molecule is CC(C)(C)[C@H](NC(=O)c1ccc(F)nc1)C(=O)O. The number of amides is 1. The largest absolute Gasteiger partial charge is 0.480 e. The Morgan fingerprint density at radius 1 is 1.39 bits per heavy atom. The van der Waals surface area contributed by atoms with E-state index >= 15 is 0 Å². The average molecular weight is 254 g/mol. The van der Waals surface area contributed by atoms with E-state index in [9.17, 15) is 14.0 Å². The highest BCUT2D eigenvalue weighted by atomic mass is 19.1. The molecule has 0 spiro atoms. The van der Waals surface area contributed by atoms with Gasteiger partial charge < -0.3 is 10.4 Å². The van der Waals surface area contributed by atoms with Crippen molar-refractivity contribution < 1.29 is 19.1 Å². The number of halogens is 1. The van der Waals surface area contributed by atoms with Crippen molar-refractivity contribution in [2.24, 2.45) is 5.41 Å². The van der Waals surface area contributed by atoms with E-state index in [1.165, 1.54) is 6.07 Å². The van der Waals surface area contributed by atoms with Crippen LogP contribution in [-0.4, -0.2) is 28.0 Å². The van der Waals surface area contributed by atoms with Crippen LogP contribution in [0.2, 0.25) is 0 Å². The molecule has 0 saturated heterocycles. The summed E-state index contributed by atoms with van der Waals surface area (Å²) in [7, 11) is 0. The summed E-state index contributed by atoms with van der Waals surface area (Å²) in [6, 6.07) is 1.26. The number of nitrogens with one attached hydrogen (secondary N) is 1. The van der Waals surface area contributed by atoms with Crippen molar-refractivity contribution in [3.8, 4) is 0 Å². The van der Waals surface area contributed by atoms with Gasteiger partial charge in [0.25, 0.3) is 5.91 Å². The molecular formula is C12H15FN2O3. The molecule has 0 fully saturated rings. The minimum Gasteiger partial charge on any atom is -0.480 e. The number of carbonyl (C=O) groups excluding carboxylic acids is 1. The second kappa shape index (κ2) is 5.12. The molecule has 2 N–H and O–H groups in total. The van der Waals surface area contributed by atoms with Gasteiger partial charge in [-0.3, -0.25) is 4.79 Å². The number of rotatable bonds is 3. The van der Waals surface area contributed by atoms with Gasteiger partial charge in [-0.15, -0.1) is 0 Å². The minimum atomic E-state index is -1.12. The van der Waals surface area contributed by atoms with Gasteiger partial charge in [0.2, 0.25) is 5.95 Å². The Kier molecular flexibility index (Phi) is 4.00. The summed E-state index contributed by atoms with van der Waals surface area (Å²) in [6.45, 7) is 5.11. The summed E-state index contributed by atoms with van der Waals surface area (Å²) in [6.07, 6.45) is 1.06. The smallest absolute Gasteiger partial charge is 0.326 e. The number of nitrogens with zero attached hydrogens (tertiary/aromatic N) is 1. The standard InChI is InChI=1S/C12H15FN2O3/c1-12(2,3)9(11(17)18)15-10(16)7-4-5-8(13)14-6-7/h4-6,9H,1-3H3,(H,15,16)(H,17,18)/t9-/m1/s1. The molecule has 1 amide bonds. The van der Waals surface area contributed by atoms with Crippen molar-refractivity contribution in [2.45, 2.75) is 26.8 Å². The van der Waals surface area contributed by atoms with Gasteiger partial charge >= 0.3 is 5.97 Å². The molecule has 0 aliphatic heterocycles. The van der Waals surface area contributed by atoms with E-state index in [0.717, 1.165) is 12.3 Å². The van der Waals surface area contributed by atoms with Crippen LogP contribution in [0.3, 0.4) is 0 Å².